The number of carbonyl (C=O) groups excluding carboxylic acids is 1. The van der Waals surface area contributed by atoms with Gasteiger partial charge in [-0.3, -0.25) is 4.79 Å². The van der Waals surface area contributed by atoms with Crippen molar-refractivity contribution in [2.24, 2.45) is 0 Å². The van der Waals surface area contributed by atoms with Crippen LogP contribution in [0.5, 0.6) is 0 Å². The molecule has 0 saturated carbocycles. The lowest BCUT2D eigenvalue weighted by molar-refractivity contribution is -0.114. The van der Waals surface area contributed by atoms with Crippen molar-refractivity contribution in [2.45, 2.75) is 45.1 Å². The quantitative estimate of drug-likeness (QED) is 0.482. The molecule has 0 aromatic heterocycles. The number of benzene rings is 2. The van der Waals surface area contributed by atoms with Crippen molar-refractivity contribution in [3.63, 3.8) is 0 Å². The zero-order chi connectivity index (χ0) is 21.1. The minimum atomic E-state index is -0.501. The number of amides is 1. The molecule has 0 radical (unpaired) electrons. The van der Waals surface area contributed by atoms with Crippen molar-refractivity contribution < 1.29 is 4.79 Å². The number of hydrogen-bond donors (Lipinski definition) is 0. The first-order chi connectivity index (χ1) is 13.7. The molecule has 2 aromatic carbocycles. The van der Waals surface area contributed by atoms with Gasteiger partial charge in [-0.05, 0) is 56.0 Å². The molecule has 0 aliphatic carbocycles. The van der Waals surface area contributed by atoms with Crippen molar-refractivity contribution in [3.05, 3.63) is 69.2 Å². The number of nitriles is 2. The van der Waals surface area contributed by atoms with E-state index in [4.69, 9.17) is 11.6 Å². The minimum absolute atomic E-state index is 0.134. The van der Waals surface area contributed by atoms with Gasteiger partial charge >= 0.3 is 0 Å². The molecule has 0 saturated heterocycles. The van der Waals surface area contributed by atoms with Gasteiger partial charge in [-0.2, -0.15) is 10.5 Å². The van der Waals surface area contributed by atoms with E-state index in [9.17, 15) is 15.3 Å². The average molecular weight is 402 g/mol. The fourth-order valence-electron chi connectivity index (χ4n) is 5.07. The molecule has 1 amide bonds. The molecule has 0 spiro atoms. The summed E-state index contributed by atoms with van der Waals surface area (Å²) in [6.07, 6.45) is 0.699. The van der Waals surface area contributed by atoms with Crippen molar-refractivity contribution in [1.29, 1.82) is 10.5 Å². The van der Waals surface area contributed by atoms with E-state index in [2.05, 4.69) is 13.0 Å². The summed E-state index contributed by atoms with van der Waals surface area (Å²) < 4.78 is 0. The van der Waals surface area contributed by atoms with Crippen molar-refractivity contribution >= 4 is 28.8 Å². The van der Waals surface area contributed by atoms with E-state index in [0.29, 0.717) is 17.0 Å². The van der Waals surface area contributed by atoms with Crippen molar-refractivity contribution in [1.82, 2.24) is 0 Å². The van der Waals surface area contributed by atoms with Crippen LogP contribution in [0.25, 0.3) is 5.57 Å². The average Bonchev–Trinajstić information content (AvgIpc) is 2.97. The van der Waals surface area contributed by atoms with Crippen LogP contribution < -0.4 is 4.90 Å². The standard InChI is InChI=1S/C24H20ClN3O/c1-14-5-10-18-21-19(14)20(15(11-26)12-27)22(29)28(21)23(2,3)13-24(18,4)16-6-8-17(25)9-7-16/h5-10H,13H2,1-4H3. The van der Waals surface area contributed by atoms with Crippen molar-refractivity contribution in [2.75, 3.05) is 4.90 Å². The number of hydrogen-bond acceptors (Lipinski definition) is 3. The Balaban J connectivity index is 2.11. The monoisotopic (exact) mass is 401 g/mol. The zero-order valence-corrected chi connectivity index (χ0v) is 17.6. The number of anilines is 1. The molecule has 0 bridgehead atoms. The van der Waals surface area contributed by atoms with Gasteiger partial charge in [0.05, 0.1) is 11.3 Å². The van der Waals surface area contributed by atoms with Crippen LogP contribution in [0.15, 0.2) is 42.0 Å². The van der Waals surface area contributed by atoms with Gasteiger partial charge in [-0.25, -0.2) is 0 Å². The Morgan fingerprint density at radius 3 is 2.28 bits per heavy atom. The Labute approximate surface area is 175 Å². The first kappa shape index (κ1) is 19.2. The van der Waals surface area contributed by atoms with E-state index in [-0.39, 0.29) is 22.5 Å². The fraction of sp³-hybridized carbons (Fsp3) is 0.292. The second-order valence-electron chi connectivity index (χ2n) is 8.60. The summed E-state index contributed by atoms with van der Waals surface area (Å²) in [4.78, 5) is 15.2. The fourth-order valence-corrected chi connectivity index (χ4v) is 5.19. The van der Waals surface area contributed by atoms with Crippen LogP contribution in [0, 0.1) is 29.6 Å². The summed E-state index contributed by atoms with van der Waals surface area (Å²) in [6.45, 7) is 8.17. The maximum atomic E-state index is 13.4. The highest BCUT2D eigenvalue weighted by molar-refractivity contribution is 6.35. The molecule has 29 heavy (non-hydrogen) atoms. The molecule has 1 atom stereocenters. The van der Waals surface area contributed by atoms with Crippen LogP contribution >= 0.6 is 11.6 Å². The highest BCUT2D eigenvalue weighted by Crippen LogP contribution is 2.57. The smallest absolute Gasteiger partial charge is 0.261 e. The van der Waals surface area contributed by atoms with Gasteiger partial charge in [-0.15, -0.1) is 0 Å². The second-order valence-corrected chi connectivity index (χ2v) is 9.03. The molecule has 2 aromatic rings. The molecule has 0 fully saturated rings. The number of carbonyl (C=O) groups is 1. The highest BCUT2D eigenvalue weighted by Gasteiger charge is 2.53. The molecule has 4 rings (SSSR count). The first-order valence-corrected chi connectivity index (χ1v) is 9.83. The number of allylic oxidation sites excluding steroid dienone is 1. The molecule has 4 nitrogen and oxygen atoms in total. The predicted octanol–water partition coefficient (Wildman–Crippen LogP) is 5.28. The summed E-state index contributed by atoms with van der Waals surface area (Å²) in [7, 11) is 0. The highest BCUT2D eigenvalue weighted by atomic mass is 35.5. The third-order valence-electron chi connectivity index (χ3n) is 6.22. The number of halogens is 1. The Kier molecular flexibility index (Phi) is 4.12. The van der Waals surface area contributed by atoms with Gasteiger partial charge in [0.1, 0.15) is 17.7 Å². The van der Waals surface area contributed by atoms with Crippen LogP contribution in [0.2, 0.25) is 5.02 Å². The third-order valence-corrected chi connectivity index (χ3v) is 6.47. The van der Waals surface area contributed by atoms with Gasteiger partial charge in [0.2, 0.25) is 0 Å². The number of nitrogens with zero attached hydrogens (tertiary/aromatic N) is 3. The molecule has 0 N–H and O–H groups in total. The molecule has 2 aliphatic rings. The number of rotatable bonds is 1. The third kappa shape index (κ3) is 2.53. The Bertz CT molecular complexity index is 1160. The van der Waals surface area contributed by atoms with Gasteiger partial charge in [-0.1, -0.05) is 42.8 Å². The molecule has 5 heteroatoms. The van der Waals surface area contributed by atoms with Crippen molar-refractivity contribution in [3.8, 4) is 12.1 Å². The van der Waals surface area contributed by atoms with Gasteiger partial charge in [0.15, 0.2) is 0 Å². The Hall–Kier alpha value is -3.08. The molecule has 144 valence electrons. The molecular formula is C24H20ClN3O. The second kappa shape index (κ2) is 6.21. The lowest BCUT2D eigenvalue weighted by Gasteiger charge is -2.50. The Morgan fingerprint density at radius 2 is 1.69 bits per heavy atom. The van der Waals surface area contributed by atoms with Crippen LogP contribution in [0.4, 0.5) is 5.69 Å². The lowest BCUT2D eigenvalue weighted by Crippen LogP contribution is -2.54. The van der Waals surface area contributed by atoms with E-state index < -0.39 is 5.54 Å². The van der Waals surface area contributed by atoms with Crippen LogP contribution in [0.1, 0.15) is 49.4 Å². The van der Waals surface area contributed by atoms with Crippen LogP contribution in [-0.4, -0.2) is 11.4 Å². The zero-order valence-electron chi connectivity index (χ0n) is 16.8. The molecule has 1 unspecified atom stereocenters. The summed E-state index contributed by atoms with van der Waals surface area (Å²) >= 11 is 6.12. The normalized spacial score (nSPS) is 21.4. The summed E-state index contributed by atoms with van der Waals surface area (Å²) in [5.41, 5.74) is 3.79. The summed E-state index contributed by atoms with van der Waals surface area (Å²) in [5.74, 6) is -0.267. The largest absolute Gasteiger partial charge is 0.302 e. The maximum absolute atomic E-state index is 13.4. The maximum Gasteiger partial charge on any atom is 0.261 e. The lowest BCUT2D eigenvalue weighted by atomic mass is 9.65. The first-order valence-electron chi connectivity index (χ1n) is 9.45. The topological polar surface area (TPSA) is 67.9 Å². The van der Waals surface area contributed by atoms with E-state index in [1.165, 1.54) is 0 Å². The van der Waals surface area contributed by atoms with E-state index >= 15 is 0 Å². The predicted molar refractivity (Wildman–Crippen MR) is 113 cm³/mol. The van der Waals surface area contributed by atoms with Crippen LogP contribution in [-0.2, 0) is 10.2 Å². The summed E-state index contributed by atoms with van der Waals surface area (Å²) in [6, 6.07) is 15.7. The van der Waals surface area contributed by atoms with Gasteiger partial charge < -0.3 is 4.90 Å². The molecule has 2 heterocycles. The van der Waals surface area contributed by atoms with E-state index in [0.717, 1.165) is 22.4 Å². The van der Waals surface area contributed by atoms with Gasteiger partial charge in [0, 0.05) is 21.5 Å². The van der Waals surface area contributed by atoms with E-state index in [1.807, 2.05) is 63.2 Å². The van der Waals surface area contributed by atoms with Gasteiger partial charge in [0.25, 0.3) is 5.91 Å². The SMILES string of the molecule is Cc1ccc2c3c1C(=C(C#N)C#N)C(=O)N3C(C)(C)CC2(C)c1ccc(Cl)cc1. The number of aryl methyl sites for hydroxylation is 1. The van der Waals surface area contributed by atoms with Crippen LogP contribution in [0.3, 0.4) is 0 Å². The Morgan fingerprint density at radius 1 is 1.07 bits per heavy atom. The molecule has 2 aliphatic heterocycles. The van der Waals surface area contributed by atoms with E-state index in [1.54, 1.807) is 4.90 Å². The molecular weight excluding hydrogens is 382 g/mol. The summed E-state index contributed by atoms with van der Waals surface area (Å²) in [5, 5.41) is 19.7. The minimum Gasteiger partial charge on any atom is -0.302 e.